The first-order valence-corrected chi connectivity index (χ1v) is 11.5. The van der Waals surface area contributed by atoms with Crippen molar-refractivity contribution in [1.82, 2.24) is 9.97 Å². The molecule has 0 saturated carbocycles. The molecule has 0 unspecified atom stereocenters. The number of hydrogen-bond acceptors (Lipinski definition) is 6. The standard InChI is InChI=1S/C23H22N4S2/c1-15(26-27-23-25-21(14-29-23)17-9-5-4-6-10-17)13-19-16(2)24-20-12-8-7-11-18(20)22(19)28-3/h4-12,14H,13H2,1-3H3,(H,25,27). The number of hydrogen-bond donors (Lipinski definition) is 1. The summed E-state index contributed by atoms with van der Waals surface area (Å²) < 4.78 is 0. The van der Waals surface area contributed by atoms with Crippen LogP contribution in [-0.2, 0) is 6.42 Å². The topological polar surface area (TPSA) is 50.2 Å². The van der Waals surface area contributed by atoms with Crippen LogP contribution in [0.1, 0.15) is 18.2 Å². The number of rotatable bonds is 6. The summed E-state index contributed by atoms with van der Waals surface area (Å²) in [6, 6.07) is 18.5. The maximum atomic E-state index is 4.79. The number of aromatic nitrogens is 2. The molecule has 6 heteroatoms. The van der Waals surface area contributed by atoms with Crippen molar-refractivity contribution >= 4 is 44.8 Å². The molecule has 2 heterocycles. The molecule has 146 valence electrons. The Morgan fingerprint density at radius 1 is 1.07 bits per heavy atom. The predicted octanol–water partition coefficient (Wildman–Crippen LogP) is 6.42. The number of nitrogens with one attached hydrogen (secondary N) is 1. The van der Waals surface area contributed by atoms with E-state index in [1.165, 1.54) is 15.8 Å². The van der Waals surface area contributed by atoms with Gasteiger partial charge in [0.15, 0.2) is 0 Å². The summed E-state index contributed by atoms with van der Waals surface area (Å²) in [6.45, 7) is 4.12. The molecule has 0 aliphatic carbocycles. The van der Waals surface area contributed by atoms with E-state index in [2.05, 4.69) is 59.0 Å². The highest BCUT2D eigenvalue weighted by Crippen LogP contribution is 2.31. The van der Waals surface area contributed by atoms with E-state index in [0.717, 1.165) is 39.7 Å². The Labute approximate surface area is 179 Å². The van der Waals surface area contributed by atoms with Gasteiger partial charge in [-0.3, -0.25) is 10.4 Å². The molecule has 0 aliphatic rings. The molecular formula is C23H22N4S2. The molecule has 0 radical (unpaired) electrons. The highest BCUT2D eigenvalue weighted by Gasteiger charge is 2.13. The molecule has 4 rings (SSSR count). The first-order chi connectivity index (χ1) is 14.2. The zero-order valence-electron chi connectivity index (χ0n) is 16.6. The zero-order chi connectivity index (χ0) is 20.2. The molecule has 2 aromatic carbocycles. The van der Waals surface area contributed by atoms with Crippen LogP contribution in [0.4, 0.5) is 5.13 Å². The van der Waals surface area contributed by atoms with E-state index in [1.807, 2.05) is 36.6 Å². The molecule has 0 saturated heterocycles. The number of para-hydroxylation sites is 1. The van der Waals surface area contributed by atoms with Gasteiger partial charge in [0, 0.05) is 39.1 Å². The van der Waals surface area contributed by atoms with Crippen molar-refractivity contribution < 1.29 is 0 Å². The first-order valence-electron chi connectivity index (χ1n) is 9.38. The van der Waals surface area contributed by atoms with Gasteiger partial charge >= 0.3 is 0 Å². The quantitative estimate of drug-likeness (QED) is 0.223. The molecule has 0 bridgehead atoms. The first kappa shape index (κ1) is 19.6. The average molecular weight is 419 g/mol. The van der Waals surface area contributed by atoms with Crippen LogP contribution in [0.25, 0.3) is 22.2 Å². The number of thiazole rings is 1. The van der Waals surface area contributed by atoms with Gasteiger partial charge in [-0.2, -0.15) is 5.10 Å². The predicted molar refractivity (Wildman–Crippen MR) is 126 cm³/mol. The molecule has 2 aromatic heterocycles. The van der Waals surface area contributed by atoms with Crippen LogP contribution in [0, 0.1) is 6.92 Å². The number of nitrogens with zero attached hydrogens (tertiary/aromatic N) is 3. The summed E-state index contributed by atoms with van der Waals surface area (Å²) in [5.74, 6) is 0. The Morgan fingerprint density at radius 2 is 1.83 bits per heavy atom. The molecule has 4 nitrogen and oxygen atoms in total. The van der Waals surface area contributed by atoms with E-state index < -0.39 is 0 Å². The van der Waals surface area contributed by atoms with Crippen LogP contribution in [0.3, 0.4) is 0 Å². The third-order valence-electron chi connectivity index (χ3n) is 4.70. The lowest BCUT2D eigenvalue weighted by atomic mass is 10.0. The van der Waals surface area contributed by atoms with Crippen molar-refractivity contribution in [3.05, 3.63) is 71.2 Å². The highest BCUT2D eigenvalue weighted by atomic mass is 32.2. The Kier molecular flexibility index (Phi) is 5.92. The number of benzene rings is 2. The summed E-state index contributed by atoms with van der Waals surface area (Å²) >= 11 is 3.33. The number of hydrazone groups is 1. The minimum absolute atomic E-state index is 0.754. The molecule has 0 amide bonds. The van der Waals surface area contributed by atoms with Crippen molar-refractivity contribution in [2.45, 2.75) is 25.2 Å². The second-order valence-corrected chi connectivity index (χ2v) is 8.44. The number of fused-ring (bicyclic) bond motifs is 1. The van der Waals surface area contributed by atoms with Gasteiger partial charge in [-0.25, -0.2) is 4.98 Å². The second kappa shape index (κ2) is 8.76. The van der Waals surface area contributed by atoms with Crippen molar-refractivity contribution in [2.75, 3.05) is 11.7 Å². The zero-order valence-corrected chi connectivity index (χ0v) is 18.3. The van der Waals surface area contributed by atoms with Gasteiger partial charge in [0.1, 0.15) is 0 Å². The number of pyridine rings is 1. The van der Waals surface area contributed by atoms with Gasteiger partial charge < -0.3 is 0 Å². The maximum Gasteiger partial charge on any atom is 0.203 e. The summed E-state index contributed by atoms with van der Waals surface area (Å²) in [6.07, 6.45) is 2.87. The van der Waals surface area contributed by atoms with Crippen LogP contribution in [0.15, 0.2) is 70.0 Å². The largest absolute Gasteiger partial charge is 0.253 e. The van der Waals surface area contributed by atoms with E-state index in [1.54, 1.807) is 23.1 Å². The van der Waals surface area contributed by atoms with E-state index >= 15 is 0 Å². The molecular weight excluding hydrogens is 396 g/mol. The van der Waals surface area contributed by atoms with Crippen LogP contribution in [0.2, 0.25) is 0 Å². The lowest BCUT2D eigenvalue weighted by Gasteiger charge is -2.13. The fraction of sp³-hybridized carbons (Fsp3) is 0.174. The normalized spacial score (nSPS) is 11.8. The fourth-order valence-corrected chi connectivity index (χ4v) is 4.80. The van der Waals surface area contributed by atoms with Crippen molar-refractivity contribution in [3.63, 3.8) is 0 Å². The van der Waals surface area contributed by atoms with Crippen molar-refractivity contribution in [1.29, 1.82) is 0 Å². The van der Waals surface area contributed by atoms with Crippen LogP contribution < -0.4 is 5.43 Å². The average Bonchev–Trinajstić information content (AvgIpc) is 3.22. The molecule has 29 heavy (non-hydrogen) atoms. The maximum absolute atomic E-state index is 4.79. The number of thioether (sulfide) groups is 1. The van der Waals surface area contributed by atoms with Crippen molar-refractivity contribution in [3.8, 4) is 11.3 Å². The van der Waals surface area contributed by atoms with Gasteiger partial charge in [-0.15, -0.1) is 23.1 Å². The summed E-state index contributed by atoms with van der Waals surface area (Å²) in [5.41, 5.74) is 9.53. The van der Waals surface area contributed by atoms with Crippen LogP contribution in [-0.4, -0.2) is 21.9 Å². The third-order valence-corrected chi connectivity index (χ3v) is 6.32. The van der Waals surface area contributed by atoms with Crippen molar-refractivity contribution in [2.24, 2.45) is 5.10 Å². The number of anilines is 1. The molecule has 0 fully saturated rings. The lowest BCUT2D eigenvalue weighted by Crippen LogP contribution is -2.06. The van der Waals surface area contributed by atoms with Crippen LogP contribution in [0.5, 0.6) is 0 Å². The van der Waals surface area contributed by atoms with Gasteiger partial charge in [-0.1, -0.05) is 48.5 Å². The minimum atomic E-state index is 0.754. The summed E-state index contributed by atoms with van der Waals surface area (Å²) in [4.78, 5) is 10.7. The lowest BCUT2D eigenvalue weighted by molar-refractivity contribution is 1.09. The van der Waals surface area contributed by atoms with Gasteiger partial charge in [0.25, 0.3) is 0 Å². The van der Waals surface area contributed by atoms with Gasteiger partial charge in [0.2, 0.25) is 5.13 Å². The van der Waals surface area contributed by atoms with Gasteiger partial charge in [-0.05, 0) is 31.7 Å². The SMILES string of the molecule is CSc1c(CC(C)=NNc2nc(-c3ccccc3)cs2)c(C)nc2ccccc12. The van der Waals surface area contributed by atoms with Gasteiger partial charge in [0.05, 0.1) is 11.2 Å². The number of aryl methyl sites for hydroxylation is 1. The van der Waals surface area contributed by atoms with E-state index in [9.17, 15) is 0 Å². The van der Waals surface area contributed by atoms with E-state index in [-0.39, 0.29) is 0 Å². The van der Waals surface area contributed by atoms with E-state index in [0.29, 0.717) is 0 Å². The molecule has 0 atom stereocenters. The summed E-state index contributed by atoms with van der Waals surface area (Å²) in [5, 5.41) is 8.61. The third kappa shape index (κ3) is 4.33. The summed E-state index contributed by atoms with van der Waals surface area (Å²) in [7, 11) is 0. The Balaban J connectivity index is 1.54. The monoisotopic (exact) mass is 418 g/mol. The second-order valence-electron chi connectivity index (χ2n) is 6.77. The van der Waals surface area contributed by atoms with E-state index in [4.69, 9.17) is 4.98 Å². The smallest absolute Gasteiger partial charge is 0.203 e. The Hall–Kier alpha value is -2.70. The molecule has 0 spiro atoms. The Bertz CT molecular complexity index is 1170. The minimum Gasteiger partial charge on any atom is -0.253 e. The highest BCUT2D eigenvalue weighted by molar-refractivity contribution is 7.98. The molecule has 4 aromatic rings. The fourth-order valence-electron chi connectivity index (χ4n) is 3.28. The molecule has 0 aliphatic heterocycles. The molecule has 1 N–H and O–H groups in total. The van der Waals surface area contributed by atoms with Crippen LogP contribution >= 0.6 is 23.1 Å². The Morgan fingerprint density at radius 3 is 2.62 bits per heavy atom.